The summed E-state index contributed by atoms with van der Waals surface area (Å²) in [5, 5.41) is 5.81. The summed E-state index contributed by atoms with van der Waals surface area (Å²) >= 11 is 1.62. The maximum absolute atomic E-state index is 12.4. The Bertz CT molecular complexity index is 734. The minimum atomic E-state index is -0.166. The molecule has 1 aromatic carbocycles. The van der Waals surface area contributed by atoms with E-state index in [-0.39, 0.29) is 17.9 Å². The van der Waals surface area contributed by atoms with Gasteiger partial charge in [0.05, 0.1) is 11.7 Å². The van der Waals surface area contributed by atoms with E-state index in [2.05, 4.69) is 15.6 Å². The Morgan fingerprint density at radius 3 is 2.87 bits per heavy atom. The van der Waals surface area contributed by atoms with Gasteiger partial charge in [0.1, 0.15) is 0 Å². The van der Waals surface area contributed by atoms with E-state index < -0.39 is 0 Å². The van der Waals surface area contributed by atoms with Gasteiger partial charge in [-0.05, 0) is 42.8 Å². The van der Waals surface area contributed by atoms with Gasteiger partial charge < -0.3 is 10.6 Å². The lowest BCUT2D eigenvalue weighted by molar-refractivity contribution is -0.115. The first-order valence-electron chi connectivity index (χ1n) is 7.41. The minimum Gasteiger partial charge on any atom is -0.346 e. The maximum Gasteiger partial charge on any atom is 0.251 e. The predicted octanol–water partition coefficient (Wildman–Crippen LogP) is 3.01. The molecular formula is C17H17N3O2S. The number of nitrogens with zero attached hydrogens (tertiary/aromatic N) is 1. The third-order valence-electron chi connectivity index (χ3n) is 3.66. The molecule has 0 saturated heterocycles. The van der Waals surface area contributed by atoms with Crippen molar-refractivity contribution >= 4 is 29.3 Å². The number of thioether (sulfide) groups is 1. The molecule has 1 aliphatic heterocycles. The number of anilines is 1. The first kappa shape index (κ1) is 15.6. The quantitative estimate of drug-likeness (QED) is 0.909. The summed E-state index contributed by atoms with van der Waals surface area (Å²) < 4.78 is 0. The highest BCUT2D eigenvalue weighted by Crippen LogP contribution is 2.31. The molecule has 0 radical (unpaired) electrons. The summed E-state index contributed by atoms with van der Waals surface area (Å²) in [4.78, 5) is 29.1. The molecule has 3 rings (SSSR count). The number of carbonyl (C=O) groups is 2. The maximum atomic E-state index is 12.4. The third kappa shape index (κ3) is 3.71. The van der Waals surface area contributed by atoms with Crippen molar-refractivity contribution in [2.24, 2.45) is 0 Å². The molecule has 0 aliphatic carbocycles. The number of carbonyl (C=O) groups excluding carboxylic acids is 2. The summed E-state index contributed by atoms with van der Waals surface area (Å²) in [5.41, 5.74) is 2.24. The normalized spacial score (nSPS) is 15.1. The van der Waals surface area contributed by atoms with Crippen LogP contribution in [-0.4, -0.2) is 22.6 Å². The smallest absolute Gasteiger partial charge is 0.251 e. The van der Waals surface area contributed by atoms with Crippen LogP contribution in [0, 0.1) is 0 Å². The van der Waals surface area contributed by atoms with Crippen LogP contribution in [0.25, 0.3) is 0 Å². The minimum absolute atomic E-state index is 0.0149. The van der Waals surface area contributed by atoms with Crippen LogP contribution < -0.4 is 10.6 Å². The van der Waals surface area contributed by atoms with E-state index in [9.17, 15) is 9.59 Å². The highest BCUT2D eigenvalue weighted by molar-refractivity contribution is 7.99. The van der Waals surface area contributed by atoms with Gasteiger partial charge in [-0.25, -0.2) is 0 Å². The highest BCUT2D eigenvalue weighted by atomic mass is 32.2. The average Bonchev–Trinajstić information content (AvgIpc) is 2.75. The standard InChI is InChI=1S/C17H17N3O2S/c1-11(12-4-7-18-8-5-12)19-17(22)13-2-3-15-14(10-13)20-16(21)6-9-23-15/h2-5,7-8,10-11H,6,9H2,1H3,(H,19,22)(H,20,21). The molecule has 2 aromatic rings. The Labute approximate surface area is 138 Å². The summed E-state index contributed by atoms with van der Waals surface area (Å²) in [6.45, 7) is 1.92. The van der Waals surface area contributed by atoms with Crippen molar-refractivity contribution in [2.45, 2.75) is 24.3 Å². The molecule has 5 nitrogen and oxygen atoms in total. The second kappa shape index (κ2) is 6.83. The lowest BCUT2D eigenvalue weighted by atomic mass is 10.1. The van der Waals surface area contributed by atoms with Gasteiger partial charge in [0.25, 0.3) is 5.91 Å². The molecule has 2 amide bonds. The van der Waals surface area contributed by atoms with E-state index in [0.717, 1.165) is 16.2 Å². The first-order chi connectivity index (χ1) is 11.1. The molecule has 0 fully saturated rings. The van der Waals surface area contributed by atoms with Crippen LogP contribution in [-0.2, 0) is 4.79 Å². The Morgan fingerprint density at radius 1 is 1.30 bits per heavy atom. The van der Waals surface area contributed by atoms with Crippen LogP contribution >= 0.6 is 11.8 Å². The van der Waals surface area contributed by atoms with Crippen LogP contribution in [0.4, 0.5) is 5.69 Å². The fourth-order valence-corrected chi connectivity index (χ4v) is 3.31. The van der Waals surface area contributed by atoms with Crippen LogP contribution in [0.15, 0.2) is 47.6 Å². The molecule has 2 heterocycles. The number of benzene rings is 1. The number of aromatic nitrogens is 1. The van der Waals surface area contributed by atoms with Crippen molar-refractivity contribution in [3.8, 4) is 0 Å². The van der Waals surface area contributed by atoms with Gasteiger partial charge in [0.15, 0.2) is 0 Å². The topological polar surface area (TPSA) is 71.1 Å². The second-order valence-corrected chi connectivity index (χ2v) is 6.47. The Morgan fingerprint density at radius 2 is 2.09 bits per heavy atom. The summed E-state index contributed by atoms with van der Waals surface area (Å²) in [6.07, 6.45) is 3.89. The largest absolute Gasteiger partial charge is 0.346 e. The number of rotatable bonds is 3. The van der Waals surface area contributed by atoms with Gasteiger partial charge in [0.2, 0.25) is 5.91 Å². The average molecular weight is 327 g/mol. The van der Waals surface area contributed by atoms with Gasteiger partial charge in [-0.1, -0.05) is 0 Å². The Hall–Kier alpha value is -2.34. The summed E-state index contributed by atoms with van der Waals surface area (Å²) in [5.74, 6) is 0.572. The molecule has 0 bridgehead atoms. The van der Waals surface area contributed by atoms with Gasteiger partial charge >= 0.3 is 0 Å². The molecule has 1 unspecified atom stereocenters. The zero-order chi connectivity index (χ0) is 16.2. The van der Waals surface area contributed by atoms with E-state index in [1.165, 1.54) is 0 Å². The molecular weight excluding hydrogens is 310 g/mol. The van der Waals surface area contributed by atoms with Gasteiger partial charge in [0, 0.05) is 35.0 Å². The molecule has 1 atom stereocenters. The summed E-state index contributed by atoms with van der Waals surface area (Å²) in [6, 6.07) is 9.04. The number of nitrogens with one attached hydrogen (secondary N) is 2. The Kier molecular flexibility index (Phi) is 4.62. The highest BCUT2D eigenvalue weighted by Gasteiger charge is 2.17. The molecule has 118 valence electrons. The van der Waals surface area contributed by atoms with Crippen LogP contribution in [0.5, 0.6) is 0 Å². The predicted molar refractivity (Wildman–Crippen MR) is 90.5 cm³/mol. The molecule has 1 aliphatic rings. The molecule has 2 N–H and O–H groups in total. The fraction of sp³-hybridized carbons (Fsp3) is 0.235. The number of hydrogen-bond acceptors (Lipinski definition) is 4. The van der Waals surface area contributed by atoms with Crippen molar-refractivity contribution in [1.82, 2.24) is 10.3 Å². The number of pyridine rings is 1. The fourth-order valence-electron chi connectivity index (χ4n) is 2.38. The monoisotopic (exact) mass is 327 g/mol. The third-order valence-corrected chi connectivity index (χ3v) is 4.73. The van der Waals surface area contributed by atoms with Crippen molar-refractivity contribution in [3.05, 3.63) is 53.9 Å². The van der Waals surface area contributed by atoms with Crippen LogP contribution in [0.1, 0.15) is 35.3 Å². The molecule has 23 heavy (non-hydrogen) atoms. The van der Waals surface area contributed by atoms with E-state index in [4.69, 9.17) is 0 Å². The number of fused-ring (bicyclic) bond motifs is 1. The molecule has 1 aromatic heterocycles. The van der Waals surface area contributed by atoms with E-state index in [1.807, 2.05) is 25.1 Å². The van der Waals surface area contributed by atoms with Crippen molar-refractivity contribution in [1.29, 1.82) is 0 Å². The van der Waals surface area contributed by atoms with Crippen LogP contribution in [0.2, 0.25) is 0 Å². The van der Waals surface area contributed by atoms with Gasteiger partial charge in [-0.3, -0.25) is 14.6 Å². The summed E-state index contributed by atoms with van der Waals surface area (Å²) in [7, 11) is 0. The Balaban J connectivity index is 1.76. The second-order valence-electron chi connectivity index (χ2n) is 5.33. The van der Waals surface area contributed by atoms with Gasteiger partial charge in [-0.2, -0.15) is 0 Å². The molecule has 0 spiro atoms. The van der Waals surface area contributed by atoms with E-state index >= 15 is 0 Å². The number of amides is 2. The molecule has 0 saturated carbocycles. The van der Waals surface area contributed by atoms with Crippen molar-refractivity contribution in [2.75, 3.05) is 11.1 Å². The van der Waals surface area contributed by atoms with Crippen molar-refractivity contribution in [3.63, 3.8) is 0 Å². The van der Waals surface area contributed by atoms with Gasteiger partial charge in [-0.15, -0.1) is 11.8 Å². The molecule has 6 heteroatoms. The SMILES string of the molecule is CC(NC(=O)c1ccc2c(c1)NC(=O)CCS2)c1ccncc1. The lowest BCUT2D eigenvalue weighted by Gasteiger charge is -2.15. The first-order valence-corrected chi connectivity index (χ1v) is 8.39. The zero-order valence-electron chi connectivity index (χ0n) is 12.7. The van der Waals surface area contributed by atoms with Crippen molar-refractivity contribution < 1.29 is 9.59 Å². The van der Waals surface area contributed by atoms with E-state index in [1.54, 1.807) is 36.3 Å². The van der Waals surface area contributed by atoms with E-state index in [0.29, 0.717) is 17.7 Å². The zero-order valence-corrected chi connectivity index (χ0v) is 13.5. The van der Waals surface area contributed by atoms with Crippen LogP contribution in [0.3, 0.4) is 0 Å². The number of hydrogen-bond donors (Lipinski definition) is 2. The lowest BCUT2D eigenvalue weighted by Crippen LogP contribution is -2.26.